The van der Waals surface area contributed by atoms with Gasteiger partial charge < -0.3 is 8.98 Å². The summed E-state index contributed by atoms with van der Waals surface area (Å²) in [6, 6.07) is 20.0. The van der Waals surface area contributed by atoms with Crippen molar-refractivity contribution in [3.63, 3.8) is 0 Å². The highest BCUT2D eigenvalue weighted by molar-refractivity contribution is 6.16. The van der Waals surface area contributed by atoms with Crippen LogP contribution >= 0.6 is 0 Å². The van der Waals surface area contributed by atoms with Crippen LogP contribution in [-0.4, -0.2) is 19.5 Å². The number of nitrogens with zero attached hydrogens (tertiary/aromatic N) is 4. The van der Waals surface area contributed by atoms with Gasteiger partial charge in [-0.05, 0) is 87.1 Å². The fraction of sp³-hybridized carbons (Fsp3) is 0. The van der Waals surface area contributed by atoms with Gasteiger partial charge in [0, 0.05) is 38.5 Å². The maximum absolute atomic E-state index is 9.61. The van der Waals surface area contributed by atoms with E-state index in [9.17, 15) is 11.0 Å². The molecule has 0 bridgehead atoms. The van der Waals surface area contributed by atoms with Crippen molar-refractivity contribution in [1.29, 1.82) is 0 Å². The lowest BCUT2D eigenvalue weighted by atomic mass is 10.0. The van der Waals surface area contributed by atoms with Crippen LogP contribution in [0.4, 0.5) is 0 Å². The minimum atomic E-state index is -0.725. The van der Waals surface area contributed by atoms with Gasteiger partial charge in [0.25, 0.3) is 0 Å². The summed E-state index contributed by atoms with van der Waals surface area (Å²) >= 11 is 0. The van der Waals surface area contributed by atoms with Crippen molar-refractivity contribution in [2.45, 2.75) is 0 Å². The van der Waals surface area contributed by atoms with E-state index in [0.29, 0.717) is 28.4 Å². The second-order valence-corrected chi connectivity index (χ2v) is 13.2. The molecule has 272 valence electrons. The van der Waals surface area contributed by atoms with Crippen LogP contribution in [0.5, 0.6) is 0 Å². The van der Waals surface area contributed by atoms with Crippen molar-refractivity contribution < 1.29 is 26.3 Å². The van der Waals surface area contributed by atoms with Gasteiger partial charge in [-0.15, -0.1) is 0 Å². The lowest BCUT2D eigenvalue weighted by Gasteiger charge is -2.11. The highest BCUT2D eigenvalue weighted by Gasteiger charge is 2.16. The molecule has 0 aliphatic carbocycles. The maximum atomic E-state index is 9.61. The molecule has 0 saturated carbocycles. The molecule has 8 aromatic carbocycles. The first-order valence-corrected chi connectivity index (χ1v) is 18.1. The predicted molar refractivity (Wildman–Crippen MR) is 238 cm³/mol. The molecule has 5 nitrogen and oxygen atoms in total. The van der Waals surface area contributed by atoms with Crippen molar-refractivity contribution in [3.8, 4) is 51.0 Å². The summed E-state index contributed by atoms with van der Waals surface area (Å²) in [5.41, 5.74) is 0.988. The average Bonchev–Trinajstić information content (AvgIpc) is 3.81. The van der Waals surface area contributed by atoms with Crippen LogP contribution < -0.4 is 0 Å². The Morgan fingerprint density at radius 3 is 1.48 bits per heavy atom. The van der Waals surface area contributed by atoms with Crippen LogP contribution in [0.15, 0.2) is 210 Å². The van der Waals surface area contributed by atoms with Gasteiger partial charge in [-0.3, -0.25) is 0 Å². The maximum Gasteiger partial charge on any atom is 0.164 e. The Balaban J connectivity index is 1.17. The van der Waals surface area contributed by atoms with Crippen LogP contribution in [0.1, 0.15) is 21.9 Å². The van der Waals surface area contributed by atoms with Crippen LogP contribution in [0.25, 0.3) is 105 Å². The molecule has 3 heterocycles. The molecule has 5 heteroatoms. The highest BCUT2D eigenvalue weighted by atomic mass is 16.3. The average molecular weight is 759 g/mol. The molecular weight excluding hydrogens is 709 g/mol. The van der Waals surface area contributed by atoms with E-state index in [1.54, 1.807) is 36.4 Å². The van der Waals surface area contributed by atoms with Gasteiger partial charge in [-0.25, -0.2) is 15.0 Å². The predicted octanol–water partition coefficient (Wildman–Crippen LogP) is 13.8. The Morgan fingerprint density at radius 2 is 0.914 bits per heavy atom. The Labute approximate surface area is 357 Å². The van der Waals surface area contributed by atoms with Gasteiger partial charge in [0.05, 0.1) is 39.2 Å². The van der Waals surface area contributed by atoms with Gasteiger partial charge in [0.1, 0.15) is 5.58 Å². The van der Waals surface area contributed by atoms with Crippen molar-refractivity contribution in [1.82, 2.24) is 19.5 Å². The van der Waals surface area contributed by atoms with E-state index in [1.165, 1.54) is 6.26 Å². The Hall–Kier alpha value is -7.89. The molecule has 11 aromatic rings. The summed E-state index contributed by atoms with van der Waals surface area (Å²) in [7, 11) is 0. The normalized spacial score (nSPS) is 15.3. The van der Waals surface area contributed by atoms with E-state index in [1.807, 2.05) is 66.7 Å². The molecule has 0 N–H and O–H groups in total. The first-order valence-electron chi connectivity index (χ1n) is 26.1. The summed E-state index contributed by atoms with van der Waals surface area (Å²) in [5, 5.41) is -1.84. The molecule has 0 spiro atoms. The minimum absolute atomic E-state index is 0.182. The number of hydrogen-bond donors (Lipinski definition) is 0. The molecule has 0 aliphatic rings. The van der Waals surface area contributed by atoms with E-state index >= 15 is 0 Å². The molecule has 0 saturated heterocycles. The van der Waals surface area contributed by atoms with Crippen LogP contribution in [0.2, 0.25) is 0 Å². The lowest BCUT2D eigenvalue weighted by Crippen LogP contribution is -1.99. The molecule has 3 aromatic heterocycles. The second-order valence-electron chi connectivity index (χ2n) is 13.2. The van der Waals surface area contributed by atoms with Gasteiger partial charge in [0.2, 0.25) is 0 Å². The Morgan fingerprint density at radius 1 is 0.414 bits per heavy atom. The third-order valence-electron chi connectivity index (χ3n) is 9.60. The topological polar surface area (TPSA) is 56.7 Å². The Kier molecular flexibility index (Phi) is 5.04. The zero-order chi connectivity index (χ0) is 52.3. The zero-order valence-corrected chi connectivity index (χ0v) is 30.1. The first kappa shape index (κ1) is 20.9. The number of benzene rings is 8. The van der Waals surface area contributed by atoms with Crippen molar-refractivity contribution >= 4 is 54.3 Å². The fourth-order valence-corrected chi connectivity index (χ4v) is 6.85. The molecule has 0 aliphatic heterocycles. The zero-order valence-electron chi connectivity index (χ0n) is 46.1. The lowest BCUT2D eigenvalue weighted by molar-refractivity contribution is 0.607. The first-order chi connectivity index (χ1) is 35.4. The van der Waals surface area contributed by atoms with E-state index in [4.69, 9.17) is 30.3 Å². The van der Waals surface area contributed by atoms with E-state index in [0.717, 1.165) is 15.7 Å². The molecular formula is C53H34N4O. The van der Waals surface area contributed by atoms with Gasteiger partial charge in [-0.1, -0.05) is 145 Å². The summed E-state index contributed by atoms with van der Waals surface area (Å²) < 4.78 is 152. The molecule has 11 rings (SSSR count). The number of fused-ring (bicyclic) bond motifs is 6. The van der Waals surface area contributed by atoms with Gasteiger partial charge >= 0.3 is 0 Å². The highest BCUT2D eigenvalue weighted by Crippen LogP contribution is 2.38. The summed E-state index contributed by atoms with van der Waals surface area (Å²) in [6.07, 6.45) is 1.43. The fourth-order valence-electron chi connectivity index (χ4n) is 6.85. The van der Waals surface area contributed by atoms with E-state index in [2.05, 4.69) is 0 Å². The second kappa shape index (κ2) is 14.0. The van der Waals surface area contributed by atoms with Crippen LogP contribution in [0, 0.1) is 0 Å². The van der Waals surface area contributed by atoms with Crippen molar-refractivity contribution in [3.05, 3.63) is 206 Å². The quantitative estimate of drug-likeness (QED) is 0.175. The number of aromatic nitrogens is 4. The third-order valence-corrected chi connectivity index (χ3v) is 9.60. The SMILES string of the molecule is [2H]c1c([2H])c(-n2c3c([2H])c4c([2H])c([2H])c([2H])c([2H])c4c([2H])c3c3c([2H])c4c([2H])c([2H])c([2H])c([2H])c4c([2H])c32)c([2H])c([2H])c1-c1ccc2cc(-c3nc(-c4ccccc4)nc(-c4ccccc4)n3)ccccoc2c1. The standard InChI is InChI=1S/C53H34N4O/c1-3-13-36(14-4-1)51-54-52(37-15-5-2-6-16-37)56-53(55-51)44-21-11-12-28-58-50-34-42(22-23-43(50)29-44)35-24-26-45(27-25-35)57-48-32-40-19-9-7-17-38(40)30-46(48)47-31-39-18-8-10-20-41(39)33-49(47)57/h1-34H/i7D,8D,9D,10D,17D,18D,19D,20D,24D,25D,26D,27D,30D,31D,32D,33D. The molecule has 0 fully saturated rings. The largest absolute Gasteiger partial charge is 0.464 e. The molecule has 0 atom stereocenters. The molecule has 0 unspecified atom stereocenters. The smallest absolute Gasteiger partial charge is 0.164 e. The van der Waals surface area contributed by atoms with Gasteiger partial charge in [0.15, 0.2) is 17.5 Å². The minimum Gasteiger partial charge on any atom is -0.464 e. The molecule has 0 radical (unpaired) electrons. The van der Waals surface area contributed by atoms with Gasteiger partial charge in [-0.2, -0.15) is 0 Å². The third kappa shape index (κ3) is 6.03. The monoisotopic (exact) mass is 758 g/mol. The Bertz CT molecular complexity index is 4120. The summed E-state index contributed by atoms with van der Waals surface area (Å²) in [5.74, 6) is 1.24. The summed E-state index contributed by atoms with van der Waals surface area (Å²) in [6.45, 7) is 0. The van der Waals surface area contributed by atoms with Crippen LogP contribution in [-0.2, 0) is 0 Å². The van der Waals surface area contributed by atoms with Crippen molar-refractivity contribution in [2.24, 2.45) is 0 Å². The number of rotatable bonds is 5. The molecule has 58 heavy (non-hydrogen) atoms. The van der Waals surface area contributed by atoms with E-state index in [-0.39, 0.29) is 27.5 Å². The van der Waals surface area contributed by atoms with Crippen LogP contribution in [0.3, 0.4) is 0 Å². The summed E-state index contributed by atoms with van der Waals surface area (Å²) in [4.78, 5) is 14.5. The van der Waals surface area contributed by atoms with E-state index < -0.39 is 135 Å². The van der Waals surface area contributed by atoms with Crippen molar-refractivity contribution in [2.75, 3.05) is 0 Å². The molecule has 0 amide bonds. The number of hydrogen-bond acceptors (Lipinski definition) is 4.